The topological polar surface area (TPSA) is 21.7 Å². The van der Waals surface area contributed by atoms with Gasteiger partial charge in [0.1, 0.15) is 0 Å². The molecular weight excluding hydrogens is 214 g/mol. The van der Waals surface area contributed by atoms with E-state index in [-0.39, 0.29) is 0 Å². The number of anilines is 1. The van der Waals surface area contributed by atoms with E-state index in [0.29, 0.717) is 13.2 Å². The summed E-state index contributed by atoms with van der Waals surface area (Å²) >= 11 is 0. The Kier molecular flexibility index (Phi) is 4.02. The van der Waals surface area contributed by atoms with Crippen LogP contribution in [-0.4, -0.2) is 25.7 Å². The number of hydrogen-bond donors (Lipinski definition) is 0. The van der Waals surface area contributed by atoms with E-state index in [9.17, 15) is 0 Å². The molecule has 0 bridgehead atoms. The fraction of sp³-hybridized carbons (Fsp3) is 0.571. The molecule has 17 heavy (non-hydrogen) atoms. The number of ether oxygens (including phenoxy) is 2. The Morgan fingerprint density at radius 1 is 1.12 bits per heavy atom. The fourth-order valence-corrected chi connectivity index (χ4v) is 2.49. The van der Waals surface area contributed by atoms with Crippen molar-refractivity contribution in [2.45, 2.75) is 32.6 Å². The van der Waals surface area contributed by atoms with Gasteiger partial charge in [0.2, 0.25) is 0 Å². The fourth-order valence-electron chi connectivity index (χ4n) is 2.49. The maximum absolute atomic E-state index is 5.90. The minimum atomic E-state index is -0.551. The molecule has 0 aliphatic carbocycles. The molecule has 0 radical (unpaired) electrons. The largest absolute Gasteiger partial charge is 0.333 e. The lowest BCUT2D eigenvalue weighted by molar-refractivity contribution is -0.224. The molecule has 0 unspecified atom stereocenters. The average Bonchev–Trinajstić information content (AvgIpc) is 2.75. The lowest BCUT2D eigenvalue weighted by Crippen LogP contribution is -2.49. The van der Waals surface area contributed by atoms with Crippen LogP contribution in [0.25, 0.3) is 0 Å². The third kappa shape index (κ3) is 2.45. The van der Waals surface area contributed by atoms with Gasteiger partial charge in [-0.1, -0.05) is 18.2 Å². The molecule has 0 amide bonds. The Morgan fingerprint density at radius 3 is 2.35 bits per heavy atom. The maximum Gasteiger partial charge on any atom is 0.251 e. The van der Waals surface area contributed by atoms with Crippen molar-refractivity contribution in [3.8, 4) is 0 Å². The van der Waals surface area contributed by atoms with E-state index in [0.717, 1.165) is 19.4 Å². The number of rotatable bonds is 5. The molecule has 94 valence electrons. The summed E-state index contributed by atoms with van der Waals surface area (Å²) in [6, 6.07) is 10.4. The van der Waals surface area contributed by atoms with Gasteiger partial charge in [-0.05, 0) is 32.4 Å². The minimum absolute atomic E-state index is 0.551. The molecule has 0 atom stereocenters. The lowest BCUT2D eigenvalue weighted by atomic mass is 10.2. The van der Waals surface area contributed by atoms with Gasteiger partial charge in [-0.15, -0.1) is 0 Å². The van der Waals surface area contributed by atoms with Crippen molar-refractivity contribution in [1.82, 2.24) is 0 Å². The van der Waals surface area contributed by atoms with Crippen molar-refractivity contribution < 1.29 is 9.47 Å². The maximum atomic E-state index is 5.90. The van der Waals surface area contributed by atoms with Crippen LogP contribution in [0.5, 0.6) is 0 Å². The first-order valence-electron chi connectivity index (χ1n) is 6.43. The monoisotopic (exact) mass is 235 g/mol. The molecule has 3 heteroatoms. The lowest BCUT2D eigenvalue weighted by Gasteiger charge is -2.38. The summed E-state index contributed by atoms with van der Waals surface area (Å²) in [5.74, 6) is -0.551. The molecule has 1 saturated heterocycles. The number of hydrogen-bond acceptors (Lipinski definition) is 3. The normalized spacial score (nSPS) is 18.6. The van der Waals surface area contributed by atoms with Gasteiger partial charge in [-0.25, -0.2) is 0 Å². The van der Waals surface area contributed by atoms with Gasteiger partial charge < -0.3 is 14.4 Å². The highest BCUT2D eigenvalue weighted by Crippen LogP contribution is 2.36. The van der Waals surface area contributed by atoms with Gasteiger partial charge in [0.15, 0.2) is 0 Å². The molecule has 1 aromatic rings. The van der Waals surface area contributed by atoms with Crippen LogP contribution in [0.1, 0.15) is 26.7 Å². The molecule has 1 heterocycles. The summed E-state index contributed by atoms with van der Waals surface area (Å²) in [5, 5.41) is 0. The highest BCUT2D eigenvalue weighted by atomic mass is 16.7. The van der Waals surface area contributed by atoms with Crippen LogP contribution in [0, 0.1) is 0 Å². The van der Waals surface area contributed by atoms with Crippen molar-refractivity contribution >= 4 is 5.69 Å². The van der Waals surface area contributed by atoms with Crippen molar-refractivity contribution in [3.05, 3.63) is 30.3 Å². The second-order valence-corrected chi connectivity index (χ2v) is 4.17. The van der Waals surface area contributed by atoms with E-state index in [2.05, 4.69) is 29.2 Å². The Morgan fingerprint density at radius 2 is 1.76 bits per heavy atom. The summed E-state index contributed by atoms with van der Waals surface area (Å²) in [5.41, 5.74) is 1.17. The third-order valence-corrected chi connectivity index (χ3v) is 3.09. The number of para-hydroxylation sites is 1. The van der Waals surface area contributed by atoms with Crippen molar-refractivity contribution in [2.75, 3.05) is 24.7 Å². The van der Waals surface area contributed by atoms with Crippen LogP contribution >= 0.6 is 0 Å². The molecule has 1 fully saturated rings. The van der Waals surface area contributed by atoms with Gasteiger partial charge in [0.05, 0.1) is 0 Å². The standard InChI is InChI=1S/C14H21NO2/c1-3-16-14(17-4-2)11-8-12-15(14)13-9-6-5-7-10-13/h5-7,9-10H,3-4,8,11-12H2,1-2H3. The second kappa shape index (κ2) is 5.52. The smallest absolute Gasteiger partial charge is 0.251 e. The predicted molar refractivity (Wildman–Crippen MR) is 69.0 cm³/mol. The molecule has 1 aliphatic heterocycles. The van der Waals surface area contributed by atoms with Crippen LogP contribution in [0.3, 0.4) is 0 Å². The van der Waals surface area contributed by atoms with Crippen LogP contribution < -0.4 is 4.90 Å². The first-order chi connectivity index (χ1) is 8.32. The third-order valence-electron chi connectivity index (χ3n) is 3.09. The van der Waals surface area contributed by atoms with Crippen molar-refractivity contribution in [3.63, 3.8) is 0 Å². The Hall–Kier alpha value is -1.06. The van der Waals surface area contributed by atoms with Crippen LogP contribution in [-0.2, 0) is 9.47 Å². The van der Waals surface area contributed by atoms with Crippen LogP contribution in [0.2, 0.25) is 0 Å². The van der Waals surface area contributed by atoms with Gasteiger partial charge in [-0.2, -0.15) is 0 Å². The zero-order valence-electron chi connectivity index (χ0n) is 10.7. The van der Waals surface area contributed by atoms with E-state index < -0.39 is 5.91 Å². The van der Waals surface area contributed by atoms with E-state index in [1.54, 1.807) is 0 Å². The Labute approximate surface area is 103 Å². The highest BCUT2D eigenvalue weighted by Gasteiger charge is 2.43. The molecule has 3 nitrogen and oxygen atoms in total. The average molecular weight is 235 g/mol. The summed E-state index contributed by atoms with van der Waals surface area (Å²) in [4.78, 5) is 2.24. The van der Waals surface area contributed by atoms with Gasteiger partial charge in [0, 0.05) is 31.9 Å². The SMILES string of the molecule is CCOC1(OCC)CCCN1c1ccccc1. The van der Waals surface area contributed by atoms with Crippen LogP contribution in [0.4, 0.5) is 5.69 Å². The number of benzene rings is 1. The zero-order chi connectivity index (χ0) is 12.1. The van der Waals surface area contributed by atoms with E-state index in [1.807, 2.05) is 19.9 Å². The van der Waals surface area contributed by atoms with Gasteiger partial charge >= 0.3 is 0 Å². The van der Waals surface area contributed by atoms with Gasteiger partial charge in [0.25, 0.3) is 5.91 Å². The van der Waals surface area contributed by atoms with Crippen molar-refractivity contribution in [1.29, 1.82) is 0 Å². The summed E-state index contributed by atoms with van der Waals surface area (Å²) in [6.07, 6.45) is 2.04. The first kappa shape index (κ1) is 12.4. The molecule has 1 aliphatic rings. The molecule has 0 spiro atoms. The zero-order valence-corrected chi connectivity index (χ0v) is 10.7. The summed E-state index contributed by atoms with van der Waals surface area (Å²) in [6.45, 7) is 6.36. The first-order valence-corrected chi connectivity index (χ1v) is 6.43. The van der Waals surface area contributed by atoms with Crippen molar-refractivity contribution in [2.24, 2.45) is 0 Å². The Balaban J connectivity index is 2.25. The minimum Gasteiger partial charge on any atom is -0.333 e. The molecule has 0 saturated carbocycles. The van der Waals surface area contributed by atoms with E-state index >= 15 is 0 Å². The molecule has 1 aromatic carbocycles. The quantitative estimate of drug-likeness (QED) is 0.732. The predicted octanol–water partition coefficient (Wildman–Crippen LogP) is 3.01. The molecule has 0 aromatic heterocycles. The van der Waals surface area contributed by atoms with E-state index in [1.165, 1.54) is 5.69 Å². The highest BCUT2D eigenvalue weighted by molar-refractivity contribution is 5.48. The molecular formula is C14H21NO2. The van der Waals surface area contributed by atoms with E-state index in [4.69, 9.17) is 9.47 Å². The van der Waals surface area contributed by atoms with Gasteiger partial charge in [-0.3, -0.25) is 0 Å². The second-order valence-electron chi connectivity index (χ2n) is 4.17. The number of nitrogens with zero attached hydrogens (tertiary/aromatic N) is 1. The van der Waals surface area contributed by atoms with Crippen LogP contribution in [0.15, 0.2) is 30.3 Å². The molecule has 2 rings (SSSR count). The summed E-state index contributed by atoms with van der Waals surface area (Å²) in [7, 11) is 0. The summed E-state index contributed by atoms with van der Waals surface area (Å²) < 4.78 is 11.8. The molecule has 0 N–H and O–H groups in total. The Bertz CT molecular complexity index is 333.